The Labute approximate surface area is 205 Å². The van der Waals surface area contributed by atoms with Crippen LogP contribution in [0.3, 0.4) is 0 Å². The number of hydrogen-bond donors (Lipinski definition) is 0. The maximum absolute atomic E-state index is 14.7. The predicted octanol–water partition coefficient (Wildman–Crippen LogP) is 6.22. The third kappa shape index (κ3) is 4.30. The van der Waals surface area contributed by atoms with Gasteiger partial charge >= 0.3 is 0 Å². The molecular formula is C32H24FOP. The summed E-state index contributed by atoms with van der Waals surface area (Å²) < 4.78 is 14.7. The molecule has 0 radical (unpaired) electrons. The minimum atomic E-state index is -2.73. The van der Waals surface area contributed by atoms with Crippen LogP contribution in [0.5, 0.6) is 0 Å². The Morgan fingerprint density at radius 1 is 0.486 bits per heavy atom. The van der Waals surface area contributed by atoms with Crippen molar-refractivity contribution in [3.8, 4) is 0 Å². The summed E-state index contributed by atoms with van der Waals surface area (Å²) in [7, 11) is 0. The zero-order valence-electron chi connectivity index (χ0n) is 19.1. The van der Waals surface area contributed by atoms with Crippen LogP contribution in [0.4, 0.5) is 4.39 Å². The second kappa shape index (κ2) is 10.1. The first-order valence-corrected chi connectivity index (χ1v) is 13.3. The molecule has 3 heteroatoms. The molecule has 0 amide bonds. The van der Waals surface area contributed by atoms with Crippen molar-refractivity contribution in [1.82, 2.24) is 0 Å². The number of ketones is 1. The Morgan fingerprint density at radius 2 is 0.886 bits per heavy atom. The number of benzene rings is 5. The summed E-state index contributed by atoms with van der Waals surface area (Å²) in [5.74, 6) is -0.464. The molecule has 0 saturated carbocycles. The smallest absolute Gasteiger partial charge is 0.194 e. The SMILES string of the molecule is O=C(C(c1cccc(F)c1)=P(c1ccccc1)(c1ccccc1)c1ccccc1)c1ccccc1. The van der Waals surface area contributed by atoms with Gasteiger partial charge in [-0.2, -0.15) is 0 Å². The highest BCUT2D eigenvalue weighted by Crippen LogP contribution is 2.48. The van der Waals surface area contributed by atoms with E-state index in [0.29, 0.717) is 16.4 Å². The Bertz CT molecular complexity index is 1390. The summed E-state index contributed by atoms with van der Waals surface area (Å²) in [5, 5.41) is 3.75. The van der Waals surface area contributed by atoms with Crippen LogP contribution in [0.25, 0.3) is 0 Å². The normalized spacial score (nSPS) is 11.1. The molecule has 0 aliphatic rings. The van der Waals surface area contributed by atoms with Crippen molar-refractivity contribution in [2.24, 2.45) is 0 Å². The second-order valence-corrected chi connectivity index (χ2v) is 11.6. The number of hydrogen-bond acceptors (Lipinski definition) is 1. The van der Waals surface area contributed by atoms with Crippen LogP contribution in [0, 0.1) is 5.82 Å². The molecule has 5 aromatic carbocycles. The molecule has 0 heterocycles. The van der Waals surface area contributed by atoms with Crippen LogP contribution in [0.15, 0.2) is 146 Å². The van der Waals surface area contributed by atoms with E-state index in [2.05, 4.69) is 36.4 Å². The molecule has 5 rings (SSSR count). The van der Waals surface area contributed by atoms with Gasteiger partial charge < -0.3 is 0 Å². The van der Waals surface area contributed by atoms with Gasteiger partial charge in [-0.15, -0.1) is 0 Å². The van der Waals surface area contributed by atoms with E-state index in [1.165, 1.54) is 12.1 Å². The van der Waals surface area contributed by atoms with Gasteiger partial charge in [0.15, 0.2) is 5.78 Å². The maximum Gasteiger partial charge on any atom is 0.194 e. The fourth-order valence-corrected chi connectivity index (χ4v) is 9.12. The summed E-state index contributed by atoms with van der Waals surface area (Å²) in [6, 6.07) is 46.2. The summed E-state index contributed by atoms with van der Waals surface area (Å²) in [5.41, 5.74) is 1.18. The number of carbonyl (C=O) groups excluding carboxylic acids is 1. The maximum atomic E-state index is 14.7. The lowest BCUT2D eigenvalue weighted by molar-refractivity contribution is 0.106. The van der Waals surface area contributed by atoms with Crippen LogP contribution >= 0.6 is 6.89 Å². The molecule has 0 atom stereocenters. The second-order valence-electron chi connectivity index (χ2n) is 8.23. The van der Waals surface area contributed by atoms with E-state index in [1.807, 2.05) is 91.0 Å². The highest BCUT2D eigenvalue weighted by molar-refractivity contribution is 7.97. The van der Waals surface area contributed by atoms with Crippen molar-refractivity contribution in [2.45, 2.75) is 0 Å². The minimum absolute atomic E-state index is 0.0962. The third-order valence-corrected chi connectivity index (χ3v) is 10.5. The lowest BCUT2D eigenvalue weighted by Gasteiger charge is -2.32. The Morgan fingerprint density at radius 3 is 1.31 bits per heavy atom. The summed E-state index contributed by atoms with van der Waals surface area (Å²) >= 11 is 0. The molecule has 0 fully saturated rings. The predicted molar refractivity (Wildman–Crippen MR) is 146 cm³/mol. The highest BCUT2D eigenvalue weighted by atomic mass is 31.2. The summed E-state index contributed by atoms with van der Waals surface area (Å²) in [6.45, 7) is -2.73. The monoisotopic (exact) mass is 474 g/mol. The van der Waals surface area contributed by atoms with E-state index in [9.17, 15) is 9.18 Å². The Kier molecular flexibility index (Phi) is 6.57. The van der Waals surface area contributed by atoms with E-state index in [4.69, 9.17) is 0 Å². The topological polar surface area (TPSA) is 17.1 Å². The molecule has 170 valence electrons. The Hall–Kier alpha value is -4.00. The molecule has 0 bridgehead atoms. The molecule has 0 N–H and O–H groups in total. The molecule has 5 aromatic rings. The first kappa shape index (κ1) is 22.8. The highest BCUT2D eigenvalue weighted by Gasteiger charge is 2.34. The van der Waals surface area contributed by atoms with E-state index in [-0.39, 0.29) is 11.6 Å². The zero-order chi connectivity index (χ0) is 24.1. The van der Waals surface area contributed by atoms with Crippen molar-refractivity contribution >= 4 is 33.9 Å². The largest absolute Gasteiger partial charge is 0.289 e. The fraction of sp³-hybridized carbons (Fsp3) is 0. The molecule has 0 unspecified atom stereocenters. The van der Waals surface area contributed by atoms with Gasteiger partial charge in [-0.3, -0.25) is 4.79 Å². The molecular weight excluding hydrogens is 450 g/mol. The van der Waals surface area contributed by atoms with Crippen molar-refractivity contribution in [3.05, 3.63) is 163 Å². The van der Waals surface area contributed by atoms with Gasteiger partial charge in [0.2, 0.25) is 0 Å². The molecule has 0 aliphatic heterocycles. The van der Waals surface area contributed by atoms with E-state index >= 15 is 0 Å². The van der Waals surface area contributed by atoms with Crippen molar-refractivity contribution < 1.29 is 9.18 Å². The van der Waals surface area contributed by atoms with Crippen LogP contribution in [0.1, 0.15) is 15.9 Å². The van der Waals surface area contributed by atoms with Gasteiger partial charge in [0.25, 0.3) is 0 Å². The van der Waals surface area contributed by atoms with Crippen LogP contribution < -0.4 is 15.9 Å². The van der Waals surface area contributed by atoms with Gasteiger partial charge in [-0.05, 0) is 40.5 Å². The molecule has 0 saturated heterocycles. The zero-order valence-corrected chi connectivity index (χ0v) is 20.0. The van der Waals surface area contributed by atoms with Gasteiger partial charge in [0, 0.05) is 10.9 Å². The van der Waals surface area contributed by atoms with Gasteiger partial charge in [-0.1, -0.05) is 133 Å². The quantitative estimate of drug-likeness (QED) is 0.211. The van der Waals surface area contributed by atoms with Crippen LogP contribution in [0.2, 0.25) is 0 Å². The lowest BCUT2D eigenvalue weighted by Crippen LogP contribution is -2.34. The number of rotatable bonds is 6. The van der Waals surface area contributed by atoms with E-state index < -0.39 is 6.89 Å². The van der Waals surface area contributed by atoms with Crippen molar-refractivity contribution in [3.63, 3.8) is 0 Å². The van der Waals surface area contributed by atoms with E-state index in [0.717, 1.165) is 15.9 Å². The third-order valence-electron chi connectivity index (χ3n) is 6.11. The molecule has 0 aromatic heterocycles. The van der Waals surface area contributed by atoms with Gasteiger partial charge in [-0.25, -0.2) is 4.39 Å². The lowest BCUT2D eigenvalue weighted by atomic mass is 10.0. The number of carbonyl (C=O) groups is 1. The van der Waals surface area contributed by atoms with Crippen molar-refractivity contribution in [2.75, 3.05) is 0 Å². The average Bonchev–Trinajstić information content (AvgIpc) is 2.93. The van der Waals surface area contributed by atoms with Crippen LogP contribution in [-0.4, -0.2) is 11.1 Å². The first-order valence-electron chi connectivity index (χ1n) is 11.5. The van der Waals surface area contributed by atoms with Crippen molar-refractivity contribution in [1.29, 1.82) is 0 Å². The summed E-state index contributed by atoms with van der Waals surface area (Å²) in [4.78, 5) is 14.5. The van der Waals surface area contributed by atoms with E-state index in [1.54, 1.807) is 6.07 Å². The molecule has 0 aliphatic carbocycles. The number of Topliss-reactive ketones (excluding diaryl/α,β-unsaturated/α-hetero) is 1. The molecule has 35 heavy (non-hydrogen) atoms. The van der Waals surface area contributed by atoms with Crippen LogP contribution in [-0.2, 0) is 0 Å². The molecule has 0 spiro atoms. The first-order chi connectivity index (χ1) is 17.2. The average molecular weight is 475 g/mol. The summed E-state index contributed by atoms with van der Waals surface area (Å²) in [6.07, 6.45) is 0. The van der Waals surface area contributed by atoms with Gasteiger partial charge in [0.05, 0.1) is 0 Å². The number of halogens is 1. The standard InChI is InChI=1S/C32H24FOP/c33-27-17-13-16-26(24-27)32(31(34)25-14-5-1-6-15-25)35(28-18-7-2-8-19-28,29-20-9-3-10-21-29)30-22-11-4-12-23-30/h1-24H. The fourth-order valence-electron chi connectivity index (χ4n) is 4.63. The Balaban J connectivity index is 2.07. The van der Waals surface area contributed by atoms with Gasteiger partial charge in [0.1, 0.15) is 5.82 Å². The molecule has 1 nitrogen and oxygen atoms in total. The minimum Gasteiger partial charge on any atom is -0.289 e.